The number of esters is 1. The van der Waals surface area contributed by atoms with E-state index in [2.05, 4.69) is 10.2 Å². The van der Waals surface area contributed by atoms with Crippen LogP contribution in [0.2, 0.25) is 5.02 Å². The van der Waals surface area contributed by atoms with Crippen molar-refractivity contribution in [3.8, 4) is 17.1 Å². The number of ether oxygens (including phenoxy) is 2. The summed E-state index contributed by atoms with van der Waals surface area (Å²) >= 11 is 5.85. The van der Waals surface area contributed by atoms with Gasteiger partial charge in [0.1, 0.15) is 6.61 Å². The average Bonchev–Trinajstić information content (AvgIpc) is 2.94. The molecule has 1 atom stereocenters. The molecule has 6 heteroatoms. The summed E-state index contributed by atoms with van der Waals surface area (Å²) in [6.07, 6.45) is 0. The molecule has 112 valence electrons. The van der Waals surface area contributed by atoms with Crippen LogP contribution in [0.25, 0.3) is 11.3 Å². The van der Waals surface area contributed by atoms with Crippen molar-refractivity contribution in [2.24, 2.45) is 5.92 Å². The van der Waals surface area contributed by atoms with Crippen molar-refractivity contribution in [2.45, 2.75) is 13.8 Å². The number of hydrogen-bond acceptors (Lipinski definition) is 4. The van der Waals surface area contributed by atoms with Crippen LogP contribution in [0.1, 0.15) is 13.8 Å². The number of nitrogens with one attached hydrogen (secondary N) is 1. The summed E-state index contributed by atoms with van der Waals surface area (Å²) < 4.78 is 10.4. The van der Waals surface area contributed by atoms with E-state index >= 15 is 0 Å². The highest BCUT2D eigenvalue weighted by Gasteiger charge is 2.15. The number of carbonyl (C=O) groups is 1. The first-order valence-electron chi connectivity index (χ1n) is 6.71. The third kappa shape index (κ3) is 4.23. The van der Waals surface area contributed by atoms with Crippen LogP contribution in [0, 0.1) is 5.92 Å². The molecule has 0 radical (unpaired) electrons. The minimum Gasteiger partial charge on any atom is -0.476 e. The van der Waals surface area contributed by atoms with E-state index in [1.165, 1.54) is 0 Å². The standard InChI is InChI=1S/C15H17ClN2O3/c1-3-20-15(19)10(2)9-21-14-8-13(17-18-14)11-4-6-12(16)7-5-11/h4-8,10H,3,9H2,1-2H3,(H,17,18). The molecule has 1 N–H and O–H groups in total. The van der Waals surface area contributed by atoms with E-state index in [0.717, 1.165) is 11.3 Å². The molecule has 1 heterocycles. The quantitative estimate of drug-likeness (QED) is 0.832. The van der Waals surface area contributed by atoms with Gasteiger partial charge in [-0.25, -0.2) is 0 Å². The van der Waals surface area contributed by atoms with Crippen molar-refractivity contribution in [1.82, 2.24) is 10.2 Å². The molecule has 2 aromatic rings. The Labute approximate surface area is 128 Å². The maximum absolute atomic E-state index is 11.5. The van der Waals surface area contributed by atoms with Gasteiger partial charge in [-0.3, -0.25) is 9.89 Å². The molecule has 1 aromatic carbocycles. The topological polar surface area (TPSA) is 64.2 Å². The number of aromatic amines is 1. The number of aromatic nitrogens is 2. The first kappa shape index (κ1) is 15.4. The molecule has 21 heavy (non-hydrogen) atoms. The molecule has 0 aliphatic heterocycles. The van der Waals surface area contributed by atoms with Crippen LogP contribution >= 0.6 is 11.6 Å². The van der Waals surface area contributed by atoms with Gasteiger partial charge >= 0.3 is 5.97 Å². The molecule has 0 amide bonds. The second kappa shape index (κ2) is 7.13. The molecule has 0 fully saturated rings. The molecule has 0 saturated carbocycles. The highest BCUT2D eigenvalue weighted by Crippen LogP contribution is 2.22. The normalized spacial score (nSPS) is 12.0. The SMILES string of the molecule is CCOC(=O)C(C)COc1cc(-c2ccc(Cl)cc2)[nH]n1. The van der Waals surface area contributed by atoms with E-state index in [1.807, 2.05) is 12.1 Å². The van der Waals surface area contributed by atoms with Gasteiger partial charge in [-0.15, -0.1) is 5.10 Å². The van der Waals surface area contributed by atoms with Crippen LogP contribution in [-0.2, 0) is 9.53 Å². The number of hydrogen-bond donors (Lipinski definition) is 1. The molecule has 2 rings (SSSR count). The zero-order valence-electron chi connectivity index (χ0n) is 11.9. The Balaban J connectivity index is 1.94. The zero-order chi connectivity index (χ0) is 15.2. The van der Waals surface area contributed by atoms with Gasteiger partial charge in [0.25, 0.3) is 0 Å². The Morgan fingerprint density at radius 3 is 2.76 bits per heavy atom. The Morgan fingerprint density at radius 1 is 1.38 bits per heavy atom. The second-order valence-corrected chi connectivity index (χ2v) is 5.03. The van der Waals surface area contributed by atoms with Gasteiger partial charge in [0.15, 0.2) is 0 Å². The number of nitrogens with zero attached hydrogens (tertiary/aromatic N) is 1. The van der Waals surface area contributed by atoms with Crippen LogP contribution in [0.4, 0.5) is 0 Å². The lowest BCUT2D eigenvalue weighted by molar-refractivity contribution is -0.148. The fourth-order valence-corrected chi connectivity index (χ4v) is 1.84. The van der Waals surface area contributed by atoms with Crippen LogP contribution < -0.4 is 4.74 Å². The van der Waals surface area contributed by atoms with Crippen molar-refractivity contribution in [1.29, 1.82) is 0 Å². The van der Waals surface area contributed by atoms with Crippen LogP contribution in [0.3, 0.4) is 0 Å². The van der Waals surface area contributed by atoms with Gasteiger partial charge in [-0.05, 0) is 31.5 Å². The van der Waals surface area contributed by atoms with Gasteiger partial charge in [0.05, 0.1) is 18.2 Å². The Bertz CT molecular complexity index is 595. The predicted molar refractivity (Wildman–Crippen MR) is 80.3 cm³/mol. The van der Waals surface area contributed by atoms with Gasteiger partial charge in [0.2, 0.25) is 5.88 Å². The molecule has 1 unspecified atom stereocenters. The third-order valence-corrected chi connectivity index (χ3v) is 3.13. The van der Waals surface area contributed by atoms with Crippen molar-refractivity contribution in [3.05, 3.63) is 35.4 Å². The zero-order valence-corrected chi connectivity index (χ0v) is 12.7. The predicted octanol–water partition coefficient (Wildman–Crippen LogP) is 3.31. The molecule has 0 bridgehead atoms. The summed E-state index contributed by atoms with van der Waals surface area (Å²) in [5.41, 5.74) is 1.78. The number of H-pyrrole nitrogens is 1. The Morgan fingerprint density at radius 2 is 2.10 bits per heavy atom. The van der Waals surface area contributed by atoms with E-state index in [1.54, 1.807) is 32.0 Å². The van der Waals surface area contributed by atoms with Crippen molar-refractivity contribution in [3.63, 3.8) is 0 Å². The maximum Gasteiger partial charge on any atom is 0.312 e. The van der Waals surface area contributed by atoms with Crippen molar-refractivity contribution < 1.29 is 14.3 Å². The summed E-state index contributed by atoms with van der Waals surface area (Å²) in [5.74, 6) is -0.164. The van der Waals surface area contributed by atoms with Crippen LogP contribution in [0.5, 0.6) is 5.88 Å². The molecular weight excluding hydrogens is 292 g/mol. The largest absolute Gasteiger partial charge is 0.476 e. The summed E-state index contributed by atoms with van der Waals surface area (Å²) in [6.45, 7) is 4.12. The lowest BCUT2D eigenvalue weighted by atomic mass is 10.1. The van der Waals surface area contributed by atoms with Crippen molar-refractivity contribution >= 4 is 17.6 Å². The summed E-state index contributed by atoms with van der Waals surface area (Å²) in [5, 5.41) is 7.62. The fourth-order valence-electron chi connectivity index (χ4n) is 1.72. The minimum atomic E-state index is -0.333. The lowest BCUT2D eigenvalue weighted by Crippen LogP contribution is -2.21. The second-order valence-electron chi connectivity index (χ2n) is 4.59. The lowest BCUT2D eigenvalue weighted by Gasteiger charge is -2.09. The molecule has 0 spiro atoms. The first-order valence-corrected chi connectivity index (χ1v) is 7.08. The third-order valence-electron chi connectivity index (χ3n) is 2.88. The summed E-state index contributed by atoms with van der Waals surface area (Å²) in [6, 6.07) is 9.17. The average molecular weight is 309 g/mol. The highest BCUT2D eigenvalue weighted by atomic mass is 35.5. The van der Waals surface area contributed by atoms with E-state index in [-0.39, 0.29) is 18.5 Å². The fraction of sp³-hybridized carbons (Fsp3) is 0.333. The Kier molecular flexibility index (Phi) is 5.22. The maximum atomic E-state index is 11.5. The number of carbonyl (C=O) groups excluding carboxylic acids is 1. The van der Waals surface area contributed by atoms with Crippen LogP contribution in [-0.4, -0.2) is 29.4 Å². The molecular formula is C15H17ClN2O3. The van der Waals surface area contributed by atoms with E-state index < -0.39 is 0 Å². The number of rotatable bonds is 6. The summed E-state index contributed by atoms with van der Waals surface area (Å²) in [7, 11) is 0. The van der Waals surface area contributed by atoms with E-state index in [0.29, 0.717) is 17.5 Å². The first-order chi connectivity index (χ1) is 10.1. The van der Waals surface area contributed by atoms with Crippen LogP contribution in [0.15, 0.2) is 30.3 Å². The highest BCUT2D eigenvalue weighted by molar-refractivity contribution is 6.30. The van der Waals surface area contributed by atoms with Gasteiger partial charge in [-0.2, -0.15) is 0 Å². The number of benzene rings is 1. The molecule has 1 aromatic heterocycles. The van der Waals surface area contributed by atoms with Crippen molar-refractivity contribution in [2.75, 3.05) is 13.2 Å². The van der Waals surface area contributed by atoms with E-state index in [9.17, 15) is 4.79 Å². The molecule has 0 aliphatic carbocycles. The molecule has 0 aliphatic rings. The monoisotopic (exact) mass is 308 g/mol. The molecule has 0 saturated heterocycles. The van der Waals surface area contributed by atoms with Gasteiger partial charge in [0, 0.05) is 11.1 Å². The summed E-state index contributed by atoms with van der Waals surface area (Å²) in [4.78, 5) is 11.5. The van der Waals surface area contributed by atoms with Gasteiger partial charge < -0.3 is 9.47 Å². The smallest absolute Gasteiger partial charge is 0.312 e. The minimum absolute atomic E-state index is 0.226. The van der Waals surface area contributed by atoms with Gasteiger partial charge in [-0.1, -0.05) is 23.7 Å². The Hall–Kier alpha value is -2.01. The number of halogens is 1. The molecule has 5 nitrogen and oxygen atoms in total. The van der Waals surface area contributed by atoms with E-state index in [4.69, 9.17) is 21.1 Å².